The maximum Gasteiger partial charge on any atom is 0.281 e. The van der Waals surface area contributed by atoms with Crippen molar-refractivity contribution >= 4 is 10.2 Å². The van der Waals surface area contributed by atoms with E-state index in [0.717, 1.165) is 6.42 Å². The molecule has 0 unspecified atom stereocenters. The van der Waals surface area contributed by atoms with E-state index >= 15 is 0 Å². The van der Waals surface area contributed by atoms with Gasteiger partial charge in [-0.2, -0.15) is 17.0 Å². The summed E-state index contributed by atoms with van der Waals surface area (Å²) >= 11 is 0. The molecule has 1 aromatic rings. The first-order valence-electron chi connectivity index (χ1n) is 7.77. The van der Waals surface area contributed by atoms with Gasteiger partial charge in [-0.1, -0.05) is 6.07 Å². The van der Waals surface area contributed by atoms with Crippen molar-refractivity contribution in [1.29, 1.82) is 0 Å². The van der Waals surface area contributed by atoms with Crippen molar-refractivity contribution in [2.24, 2.45) is 5.41 Å². The summed E-state index contributed by atoms with van der Waals surface area (Å²) in [6.45, 7) is 1.96. The summed E-state index contributed by atoms with van der Waals surface area (Å²) in [6, 6.07) is 5.50. The summed E-state index contributed by atoms with van der Waals surface area (Å²) in [5, 5.41) is 0. The van der Waals surface area contributed by atoms with Crippen LogP contribution in [0.4, 0.5) is 0 Å². The third kappa shape index (κ3) is 3.21. The summed E-state index contributed by atoms with van der Waals surface area (Å²) in [6.07, 6.45) is 3.21. The zero-order valence-corrected chi connectivity index (χ0v) is 14.3. The van der Waals surface area contributed by atoms with Gasteiger partial charge in [-0.25, -0.2) is 4.98 Å². The average Bonchev–Trinajstić information content (AvgIpc) is 2.97. The van der Waals surface area contributed by atoms with E-state index in [9.17, 15) is 8.42 Å². The number of hydrogen-bond acceptors (Lipinski definition) is 5. The highest BCUT2D eigenvalue weighted by molar-refractivity contribution is 7.86. The molecule has 2 aliphatic rings. The summed E-state index contributed by atoms with van der Waals surface area (Å²) in [5.41, 5.74) is -0.307. The van der Waals surface area contributed by atoms with Crippen LogP contribution < -0.4 is 4.74 Å². The number of rotatable bonds is 5. The first-order chi connectivity index (χ1) is 10.9. The van der Waals surface area contributed by atoms with Gasteiger partial charge in [0.05, 0.1) is 12.7 Å². The molecule has 0 bridgehead atoms. The molecule has 23 heavy (non-hydrogen) atoms. The highest BCUT2D eigenvalue weighted by Crippen LogP contribution is 2.42. The number of pyridine rings is 1. The lowest BCUT2D eigenvalue weighted by Gasteiger charge is -2.43. The predicted molar refractivity (Wildman–Crippen MR) is 85.3 cm³/mol. The van der Waals surface area contributed by atoms with E-state index in [2.05, 4.69) is 4.98 Å². The fourth-order valence-electron chi connectivity index (χ4n) is 3.29. The molecule has 7 nitrogen and oxygen atoms in total. The molecule has 0 N–H and O–H groups in total. The van der Waals surface area contributed by atoms with Gasteiger partial charge in [-0.15, -0.1) is 0 Å². The Morgan fingerprint density at radius 2 is 2.30 bits per heavy atom. The Morgan fingerprint density at radius 1 is 1.48 bits per heavy atom. The SMILES string of the molecule is CN(C)S(=O)(=O)N1CC[C@H]2OCC[C@@]2(COc2ccccn2)C1. The van der Waals surface area contributed by atoms with Crippen molar-refractivity contribution in [3.05, 3.63) is 24.4 Å². The highest BCUT2D eigenvalue weighted by Gasteiger charge is 2.51. The van der Waals surface area contributed by atoms with Crippen LogP contribution in [-0.2, 0) is 14.9 Å². The summed E-state index contributed by atoms with van der Waals surface area (Å²) in [4.78, 5) is 4.17. The van der Waals surface area contributed by atoms with Crippen molar-refractivity contribution in [2.75, 3.05) is 40.4 Å². The van der Waals surface area contributed by atoms with Gasteiger partial charge in [0.1, 0.15) is 0 Å². The number of ether oxygens (including phenoxy) is 2. The van der Waals surface area contributed by atoms with Crippen molar-refractivity contribution in [1.82, 2.24) is 13.6 Å². The van der Waals surface area contributed by atoms with Gasteiger partial charge < -0.3 is 9.47 Å². The van der Waals surface area contributed by atoms with Crippen molar-refractivity contribution in [3.63, 3.8) is 0 Å². The largest absolute Gasteiger partial charge is 0.477 e. The third-order valence-corrected chi connectivity index (χ3v) is 6.55. The summed E-state index contributed by atoms with van der Waals surface area (Å²) in [5.74, 6) is 0.556. The van der Waals surface area contributed by atoms with Gasteiger partial charge in [0.2, 0.25) is 5.88 Å². The molecule has 3 rings (SSSR count). The Morgan fingerprint density at radius 3 is 3.00 bits per heavy atom. The average molecular weight is 341 g/mol. The number of piperidine rings is 1. The Labute approximate surface area is 137 Å². The smallest absolute Gasteiger partial charge is 0.281 e. The van der Waals surface area contributed by atoms with Gasteiger partial charge in [0, 0.05) is 51.5 Å². The maximum atomic E-state index is 12.4. The highest BCUT2D eigenvalue weighted by atomic mass is 32.2. The molecule has 1 aromatic heterocycles. The first-order valence-corrected chi connectivity index (χ1v) is 9.17. The lowest BCUT2D eigenvalue weighted by atomic mass is 9.78. The quantitative estimate of drug-likeness (QED) is 0.790. The minimum absolute atomic E-state index is 0.0415. The standard InChI is InChI=1S/C15H23N3O4S/c1-17(2)23(19,20)18-9-6-13-15(11-18,7-10-21-13)12-22-14-5-3-4-8-16-14/h3-5,8,13H,6-7,9-12H2,1-2H3/t13-,15+/m1/s1. The Bertz CT molecular complexity index is 637. The molecule has 8 heteroatoms. The molecule has 0 saturated carbocycles. The lowest BCUT2D eigenvalue weighted by Crippen LogP contribution is -2.56. The van der Waals surface area contributed by atoms with Gasteiger partial charge in [0.25, 0.3) is 10.2 Å². The predicted octanol–water partition coefficient (Wildman–Crippen LogP) is 0.748. The minimum atomic E-state index is -3.42. The molecule has 2 fully saturated rings. The molecule has 2 aliphatic heterocycles. The monoisotopic (exact) mass is 341 g/mol. The van der Waals surface area contributed by atoms with Crippen molar-refractivity contribution in [2.45, 2.75) is 18.9 Å². The summed E-state index contributed by atoms with van der Waals surface area (Å²) < 4.78 is 39.4. The van der Waals surface area contributed by atoms with E-state index in [4.69, 9.17) is 9.47 Å². The molecular weight excluding hydrogens is 318 g/mol. The maximum absolute atomic E-state index is 12.4. The molecule has 0 aliphatic carbocycles. The number of hydrogen-bond donors (Lipinski definition) is 0. The molecule has 0 amide bonds. The molecule has 2 saturated heterocycles. The van der Waals surface area contributed by atoms with Crippen LogP contribution >= 0.6 is 0 Å². The van der Waals surface area contributed by atoms with Crippen LogP contribution in [0.5, 0.6) is 5.88 Å². The summed E-state index contributed by atoms with van der Waals surface area (Å²) in [7, 11) is -0.301. The van der Waals surface area contributed by atoms with Crippen LogP contribution in [0.3, 0.4) is 0 Å². The number of nitrogens with zero attached hydrogens (tertiary/aromatic N) is 3. The fourth-order valence-corrected chi connectivity index (χ4v) is 4.51. The Hall–Kier alpha value is -1.22. The minimum Gasteiger partial charge on any atom is -0.477 e. The fraction of sp³-hybridized carbons (Fsp3) is 0.667. The van der Waals surface area contributed by atoms with Crippen LogP contribution in [0.25, 0.3) is 0 Å². The van der Waals surface area contributed by atoms with E-state index in [1.807, 2.05) is 12.1 Å². The molecule has 0 aromatic carbocycles. The number of aromatic nitrogens is 1. The van der Waals surface area contributed by atoms with E-state index < -0.39 is 10.2 Å². The van der Waals surface area contributed by atoms with Crippen molar-refractivity contribution < 1.29 is 17.9 Å². The van der Waals surface area contributed by atoms with E-state index in [-0.39, 0.29) is 11.5 Å². The van der Waals surface area contributed by atoms with Gasteiger partial charge >= 0.3 is 0 Å². The van der Waals surface area contributed by atoms with Crippen LogP contribution in [0.1, 0.15) is 12.8 Å². The van der Waals surface area contributed by atoms with Crippen molar-refractivity contribution in [3.8, 4) is 5.88 Å². The molecular formula is C15H23N3O4S. The second-order valence-corrected chi connectivity index (χ2v) is 8.48. The topological polar surface area (TPSA) is 72.0 Å². The third-order valence-electron chi connectivity index (χ3n) is 4.67. The van der Waals surface area contributed by atoms with Crippen LogP contribution in [0.2, 0.25) is 0 Å². The number of fused-ring (bicyclic) bond motifs is 1. The lowest BCUT2D eigenvalue weighted by molar-refractivity contribution is -0.0208. The van der Waals surface area contributed by atoms with Crippen LogP contribution in [-0.4, -0.2) is 68.5 Å². The first kappa shape index (κ1) is 16.6. The Balaban J connectivity index is 1.77. The molecule has 0 spiro atoms. The molecule has 2 atom stereocenters. The second kappa shape index (κ2) is 6.35. The van der Waals surface area contributed by atoms with E-state index in [1.165, 1.54) is 4.31 Å². The second-order valence-electron chi connectivity index (χ2n) is 6.34. The zero-order valence-electron chi connectivity index (χ0n) is 13.5. The molecule has 3 heterocycles. The van der Waals surface area contributed by atoms with Crippen LogP contribution in [0, 0.1) is 5.41 Å². The van der Waals surface area contributed by atoms with E-state index in [1.54, 1.807) is 30.7 Å². The van der Waals surface area contributed by atoms with E-state index in [0.29, 0.717) is 38.6 Å². The normalized spacial score (nSPS) is 28.7. The van der Waals surface area contributed by atoms with Gasteiger partial charge in [-0.05, 0) is 18.9 Å². The molecule has 0 radical (unpaired) electrons. The Kier molecular flexibility index (Phi) is 4.59. The van der Waals surface area contributed by atoms with Gasteiger partial charge in [0.15, 0.2) is 0 Å². The van der Waals surface area contributed by atoms with Crippen LogP contribution in [0.15, 0.2) is 24.4 Å². The van der Waals surface area contributed by atoms with Gasteiger partial charge in [-0.3, -0.25) is 0 Å². The molecule has 128 valence electrons. The zero-order chi connectivity index (χ0) is 16.5.